The maximum atomic E-state index is 12.2. The molecule has 2 heterocycles. The van der Waals surface area contributed by atoms with Gasteiger partial charge in [-0.1, -0.05) is 22.0 Å². The summed E-state index contributed by atoms with van der Waals surface area (Å²) in [6.07, 6.45) is 3.15. The van der Waals surface area contributed by atoms with E-state index in [0.717, 1.165) is 10.2 Å². The van der Waals surface area contributed by atoms with Crippen molar-refractivity contribution in [3.05, 3.63) is 64.7 Å². The average molecular weight is 373 g/mol. The smallest absolute Gasteiger partial charge is 0.251 e. The zero-order valence-corrected chi connectivity index (χ0v) is 13.8. The van der Waals surface area contributed by atoms with Gasteiger partial charge in [-0.05, 0) is 47.7 Å². The predicted octanol–water partition coefficient (Wildman–Crippen LogP) is 2.31. The molecule has 8 heteroatoms. The number of nitrogens with one attached hydrogen (secondary N) is 1. The molecule has 3 rings (SSSR count). The summed E-state index contributed by atoms with van der Waals surface area (Å²) in [6.45, 7) is 1.83. The molecular weight excluding hydrogens is 360 g/mol. The van der Waals surface area contributed by atoms with Gasteiger partial charge in [0.25, 0.3) is 5.91 Å². The quantitative estimate of drug-likeness (QED) is 0.759. The van der Waals surface area contributed by atoms with Crippen LogP contribution in [0.25, 0.3) is 5.69 Å². The third-order valence-corrected chi connectivity index (χ3v) is 3.72. The van der Waals surface area contributed by atoms with Crippen LogP contribution >= 0.6 is 15.9 Å². The Bertz CT molecular complexity index is 820. The molecule has 1 aromatic carbocycles. The van der Waals surface area contributed by atoms with Crippen molar-refractivity contribution in [3.8, 4) is 5.69 Å². The molecule has 0 spiro atoms. The Labute approximate surface area is 140 Å². The number of halogens is 1. The largest absolute Gasteiger partial charge is 0.342 e. The minimum Gasteiger partial charge on any atom is -0.342 e. The molecular formula is C15H13BrN6O. The van der Waals surface area contributed by atoms with Crippen LogP contribution in [-0.4, -0.2) is 31.1 Å². The van der Waals surface area contributed by atoms with Crippen LogP contribution in [0.5, 0.6) is 0 Å². The minimum atomic E-state index is -0.357. The highest BCUT2D eigenvalue weighted by atomic mass is 79.9. The van der Waals surface area contributed by atoms with E-state index in [2.05, 4.69) is 41.8 Å². The molecule has 0 saturated carbocycles. The summed E-state index contributed by atoms with van der Waals surface area (Å²) < 4.78 is 2.52. The number of aromatic nitrogens is 5. The fraction of sp³-hybridized carbons (Fsp3) is 0.133. The molecule has 3 aromatic rings. The molecule has 116 valence electrons. The van der Waals surface area contributed by atoms with E-state index < -0.39 is 0 Å². The molecule has 0 saturated heterocycles. The van der Waals surface area contributed by atoms with Gasteiger partial charge in [0.15, 0.2) is 5.82 Å². The van der Waals surface area contributed by atoms with E-state index >= 15 is 0 Å². The lowest BCUT2D eigenvalue weighted by atomic mass is 10.2. The van der Waals surface area contributed by atoms with E-state index in [1.165, 1.54) is 0 Å². The number of benzene rings is 1. The van der Waals surface area contributed by atoms with Gasteiger partial charge in [0.05, 0.1) is 11.7 Å². The van der Waals surface area contributed by atoms with Crippen LogP contribution in [-0.2, 0) is 0 Å². The topological polar surface area (TPSA) is 85.6 Å². The van der Waals surface area contributed by atoms with Gasteiger partial charge in [0.1, 0.15) is 0 Å². The normalized spacial score (nSPS) is 11.9. The zero-order valence-electron chi connectivity index (χ0n) is 12.2. The van der Waals surface area contributed by atoms with Gasteiger partial charge in [0, 0.05) is 22.4 Å². The molecule has 1 unspecified atom stereocenters. The Morgan fingerprint density at radius 1 is 1.26 bits per heavy atom. The molecule has 0 aliphatic heterocycles. The van der Waals surface area contributed by atoms with Crippen molar-refractivity contribution in [2.45, 2.75) is 13.0 Å². The van der Waals surface area contributed by atoms with Crippen molar-refractivity contribution >= 4 is 21.8 Å². The van der Waals surface area contributed by atoms with Gasteiger partial charge < -0.3 is 5.32 Å². The first-order valence-corrected chi connectivity index (χ1v) is 7.69. The van der Waals surface area contributed by atoms with Crippen LogP contribution in [0.4, 0.5) is 0 Å². The second kappa shape index (κ2) is 6.66. The summed E-state index contributed by atoms with van der Waals surface area (Å²) in [7, 11) is 0. The van der Waals surface area contributed by atoms with Crippen molar-refractivity contribution < 1.29 is 4.79 Å². The van der Waals surface area contributed by atoms with E-state index in [9.17, 15) is 4.79 Å². The number of pyridine rings is 1. The number of nitrogens with zero attached hydrogens (tertiary/aromatic N) is 5. The molecule has 0 aliphatic rings. The molecule has 1 N–H and O–H groups in total. The Morgan fingerprint density at radius 3 is 2.78 bits per heavy atom. The molecule has 0 fully saturated rings. The second-order valence-corrected chi connectivity index (χ2v) is 5.78. The maximum Gasteiger partial charge on any atom is 0.251 e. The van der Waals surface area contributed by atoms with Crippen molar-refractivity contribution in [1.82, 2.24) is 30.5 Å². The highest BCUT2D eigenvalue weighted by molar-refractivity contribution is 9.10. The van der Waals surface area contributed by atoms with E-state index in [-0.39, 0.29) is 11.9 Å². The van der Waals surface area contributed by atoms with Crippen LogP contribution in [0.1, 0.15) is 29.1 Å². The number of tetrazole rings is 1. The first kappa shape index (κ1) is 15.3. The van der Waals surface area contributed by atoms with Crippen molar-refractivity contribution in [3.63, 3.8) is 0 Å². The van der Waals surface area contributed by atoms with Gasteiger partial charge in [-0.25, -0.2) is 0 Å². The fourth-order valence-electron chi connectivity index (χ4n) is 2.10. The number of hydrogen-bond acceptors (Lipinski definition) is 5. The first-order chi connectivity index (χ1) is 11.1. The van der Waals surface area contributed by atoms with E-state index in [1.807, 2.05) is 31.2 Å². The van der Waals surface area contributed by atoms with E-state index in [0.29, 0.717) is 11.4 Å². The lowest BCUT2D eigenvalue weighted by molar-refractivity contribution is 0.0937. The highest BCUT2D eigenvalue weighted by Crippen LogP contribution is 2.18. The maximum absolute atomic E-state index is 12.2. The SMILES string of the molecule is CC(NC(=O)c1ccncc1)c1nnnn1-c1cccc(Br)c1. The summed E-state index contributed by atoms with van der Waals surface area (Å²) >= 11 is 3.42. The molecule has 1 atom stereocenters. The highest BCUT2D eigenvalue weighted by Gasteiger charge is 2.18. The number of amides is 1. The molecule has 23 heavy (non-hydrogen) atoms. The number of rotatable bonds is 4. The molecule has 7 nitrogen and oxygen atoms in total. The van der Waals surface area contributed by atoms with Gasteiger partial charge in [-0.2, -0.15) is 4.68 Å². The third-order valence-electron chi connectivity index (χ3n) is 3.22. The fourth-order valence-corrected chi connectivity index (χ4v) is 2.49. The number of carbonyl (C=O) groups is 1. The summed E-state index contributed by atoms with van der Waals surface area (Å²) in [4.78, 5) is 16.1. The van der Waals surface area contributed by atoms with E-state index in [1.54, 1.807) is 29.2 Å². The van der Waals surface area contributed by atoms with E-state index in [4.69, 9.17) is 0 Å². The molecule has 0 aliphatic carbocycles. The molecule has 2 aromatic heterocycles. The van der Waals surface area contributed by atoms with Crippen LogP contribution in [0, 0.1) is 0 Å². The summed E-state index contributed by atoms with van der Waals surface area (Å²) in [5.41, 5.74) is 1.35. The van der Waals surface area contributed by atoms with Crippen LogP contribution in [0.15, 0.2) is 53.3 Å². The lowest BCUT2D eigenvalue weighted by Crippen LogP contribution is -2.28. The van der Waals surface area contributed by atoms with Gasteiger partial charge in [0.2, 0.25) is 0 Å². The summed E-state index contributed by atoms with van der Waals surface area (Å²) in [6, 6.07) is 10.6. The Morgan fingerprint density at radius 2 is 2.04 bits per heavy atom. The molecule has 0 radical (unpaired) electrons. The molecule has 0 bridgehead atoms. The second-order valence-electron chi connectivity index (χ2n) is 4.86. The van der Waals surface area contributed by atoms with Crippen molar-refractivity contribution in [1.29, 1.82) is 0 Å². The number of hydrogen-bond donors (Lipinski definition) is 1. The van der Waals surface area contributed by atoms with Crippen LogP contribution in [0.2, 0.25) is 0 Å². The van der Waals surface area contributed by atoms with Crippen molar-refractivity contribution in [2.75, 3.05) is 0 Å². The number of carbonyl (C=O) groups excluding carboxylic acids is 1. The Balaban J connectivity index is 1.83. The average Bonchev–Trinajstić information content (AvgIpc) is 3.05. The van der Waals surface area contributed by atoms with Crippen molar-refractivity contribution in [2.24, 2.45) is 0 Å². The van der Waals surface area contributed by atoms with Gasteiger partial charge >= 0.3 is 0 Å². The zero-order chi connectivity index (χ0) is 16.2. The van der Waals surface area contributed by atoms with Gasteiger partial charge in [-0.15, -0.1) is 5.10 Å². The van der Waals surface area contributed by atoms with Crippen LogP contribution < -0.4 is 5.32 Å². The summed E-state index contributed by atoms with van der Waals surface area (Å²) in [5, 5.41) is 14.6. The standard InChI is InChI=1S/C15H13BrN6O/c1-10(18-15(23)11-5-7-17-8-6-11)14-19-20-21-22(14)13-4-2-3-12(16)9-13/h2-10H,1H3,(H,18,23). The monoisotopic (exact) mass is 372 g/mol. The summed E-state index contributed by atoms with van der Waals surface area (Å²) in [5.74, 6) is 0.342. The predicted molar refractivity (Wildman–Crippen MR) is 87.0 cm³/mol. The molecule has 1 amide bonds. The van der Waals surface area contributed by atoms with Crippen LogP contribution in [0.3, 0.4) is 0 Å². The minimum absolute atomic E-state index is 0.205. The third kappa shape index (κ3) is 3.42. The Hall–Kier alpha value is -2.61. The van der Waals surface area contributed by atoms with Gasteiger partial charge in [-0.3, -0.25) is 9.78 Å². The Kier molecular flexibility index (Phi) is 4.42. The first-order valence-electron chi connectivity index (χ1n) is 6.90. The lowest BCUT2D eigenvalue weighted by Gasteiger charge is -2.13.